The minimum Gasteiger partial charge on any atom is -0.487 e. The highest BCUT2D eigenvalue weighted by molar-refractivity contribution is 6.37. The van der Waals surface area contributed by atoms with Crippen molar-refractivity contribution in [2.24, 2.45) is 0 Å². The summed E-state index contributed by atoms with van der Waals surface area (Å²) in [5, 5.41) is 13.6. The molecule has 0 fully saturated rings. The number of benzene rings is 2. The van der Waals surface area contributed by atoms with Crippen LogP contribution in [0.5, 0.6) is 5.75 Å². The Bertz CT molecular complexity index is 912. The molecule has 0 bridgehead atoms. The van der Waals surface area contributed by atoms with Gasteiger partial charge in [-0.2, -0.15) is 8.78 Å². The van der Waals surface area contributed by atoms with Crippen LogP contribution in [-0.2, 0) is 0 Å². The van der Waals surface area contributed by atoms with E-state index < -0.39 is 41.2 Å². The molecule has 0 radical (unpaired) electrons. The first-order valence-electron chi connectivity index (χ1n) is 7.34. The van der Waals surface area contributed by atoms with Crippen LogP contribution in [0.2, 0.25) is 10.0 Å². The van der Waals surface area contributed by atoms with Gasteiger partial charge in [0.05, 0.1) is 27.3 Å². The van der Waals surface area contributed by atoms with Crippen LogP contribution >= 0.6 is 23.2 Å². The van der Waals surface area contributed by atoms with Crippen molar-refractivity contribution in [3.05, 3.63) is 62.1 Å². The third kappa shape index (κ3) is 5.46. The molecule has 1 amide bonds. The lowest BCUT2D eigenvalue weighted by Gasteiger charge is -2.16. The zero-order valence-electron chi connectivity index (χ0n) is 13.6. The Hall–Kier alpha value is -2.59. The normalized spacial score (nSPS) is 11.4. The molecule has 0 heterocycles. The van der Waals surface area contributed by atoms with Gasteiger partial charge in [0.1, 0.15) is 5.75 Å². The van der Waals surface area contributed by atoms with E-state index >= 15 is 0 Å². The first kappa shape index (κ1) is 21.7. The van der Waals surface area contributed by atoms with Crippen molar-refractivity contribution in [3.8, 4) is 5.75 Å². The highest BCUT2D eigenvalue weighted by Gasteiger charge is 2.41. The standard InChI is InChI=1S/C16H10Cl2F4N2O4/c17-8-1-2-12(13(18)3-8)14(25)23-9-4-10(24(26)27)6-11(5-9)28-7-16(21,22)15(19)20/h1-6,15H,7H2,(H,23,25). The van der Waals surface area contributed by atoms with E-state index in [0.29, 0.717) is 0 Å². The van der Waals surface area contributed by atoms with Crippen LogP contribution in [0.25, 0.3) is 0 Å². The summed E-state index contributed by atoms with van der Waals surface area (Å²) in [6.45, 7) is -1.71. The second-order valence-electron chi connectivity index (χ2n) is 5.40. The van der Waals surface area contributed by atoms with Gasteiger partial charge in [0.2, 0.25) is 0 Å². The zero-order valence-corrected chi connectivity index (χ0v) is 15.1. The van der Waals surface area contributed by atoms with Crippen molar-refractivity contribution in [3.63, 3.8) is 0 Å². The number of ether oxygens (including phenoxy) is 1. The molecule has 0 unspecified atom stereocenters. The minimum absolute atomic E-state index is 0.00322. The van der Waals surface area contributed by atoms with Gasteiger partial charge in [-0.05, 0) is 18.2 Å². The van der Waals surface area contributed by atoms with Gasteiger partial charge in [-0.25, -0.2) is 8.78 Å². The lowest BCUT2D eigenvalue weighted by atomic mass is 10.2. The van der Waals surface area contributed by atoms with Crippen LogP contribution in [-0.4, -0.2) is 29.8 Å². The van der Waals surface area contributed by atoms with Crippen LogP contribution in [0.15, 0.2) is 36.4 Å². The number of non-ortho nitro benzene ring substituents is 1. The maximum absolute atomic E-state index is 13.0. The van der Waals surface area contributed by atoms with E-state index in [9.17, 15) is 32.5 Å². The Morgan fingerprint density at radius 3 is 2.46 bits per heavy atom. The molecule has 6 nitrogen and oxygen atoms in total. The molecule has 0 aliphatic carbocycles. The zero-order chi connectivity index (χ0) is 21.1. The van der Waals surface area contributed by atoms with Crippen LogP contribution in [0.3, 0.4) is 0 Å². The van der Waals surface area contributed by atoms with Gasteiger partial charge in [-0.3, -0.25) is 14.9 Å². The Morgan fingerprint density at radius 2 is 1.89 bits per heavy atom. The van der Waals surface area contributed by atoms with Crippen LogP contribution in [0.4, 0.5) is 28.9 Å². The predicted octanol–water partition coefficient (Wildman–Crippen LogP) is 5.43. The van der Waals surface area contributed by atoms with Gasteiger partial charge >= 0.3 is 12.3 Å². The highest BCUT2D eigenvalue weighted by Crippen LogP contribution is 2.30. The van der Waals surface area contributed by atoms with Gasteiger partial charge < -0.3 is 10.1 Å². The molecule has 28 heavy (non-hydrogen) atoms. The Balaban J connectivity index is 2.27. The number of nitro groups is 1. The number of halogens is 6. The van der Waals surface area contributed by atoms with Crippen molar-refractivity contribution < 1.29 is 32.0 Å². The number of nitrogens with one attached hydrogen (secondary N) is 1. The maximum atomic E-state index is 13.0. The molecule has 150 valence electrons. The van der Waals surface area contributed by atoms with Gasteiger partial charge in [-0.1, -0.05) is 23.2 Å². The molecule has 0 aliphatic heterocycles. The van der Waals surface area contributed by atoms with Crippen molar-refractivity contribution in [1.29, 1.82) is 0 Å². The predicted molar refractivity (Wildman–Crippen MR) is 94.0 cm³/mol. The smallest absolute Gasteiger partial charge is 0.340 e. The number of carbonyl (C=O) groups is 1. The number of nitrogens with zero attached hydrogens (tertiary/aromatic N) is 1. The van der Waals surface area contributed by atoms with Crippen LogP contribution in [0.1, 0.15) is 10.4 Å². The minimum atomic E-state index is -4.45. The third-order valence-corrected chi connectivity index (χ3v) is 3.83. The fraction of sp³-hybridized carbons (Fsp3) is 0.188. The summed E-state index contributed by atoms with van der Waals surface area (Å²) >= 11 is 11.6. The molecule has 0 saturated carbocycles. The molecule has 0 aliphatic rings. The van der Waals surface area contributed by atoms with E-state index in [4.69, 9.17) is 23.2 Å². The first-order chi connectivity index (χ1) is 13.0. The number of anilines is 1. The fourth-order valence-corrected chi connectivity index (χ4v) is 2.45. The number of alkyl halides is 4. The van der Waals surface area contributed by atoms with E-state index in [1.165, 1.54) is 18.2 Å². The van der Waals surface area contributed by atoms with E-state index in [-0.39, 0.29) is 21.3 Å². The van der Waals surface area contributed by atoms with E-state index in [2.05, 4.69) is 10.1 Å². The Kier molecular flexibility index (Phi) is 6.68. The van der Waals surface area contributed by atoms with Crippen LogP contribution in [0, 0.1) is 10.1 Å². The molecule has 0 spiro atoms. The van der Waals surface area contributed by atoms with Crippen molar-refractivity contribution >= 4 is 40.5 Å². The summed E-state index contributed by atoms with van der Waals surface area (Å²) in [5.74, 6) is -5.73. The highest BCUT2D eigenvalue weighted by atomic mass is 35.5. The summed E-state index contributed by atoms with van der Waals surface area (Å²) in [5.41, 5.74) is -0.819. The number of carbonyl (C=O) groups excluding carboxylic acids is 1. The average molecular weight is 441 g/mol. The number of rotatable bonds is 7. The second kappa shape index (κ2) is 8.61. The molecule has 2 aromatic carbocycles. The van der Waals surface area contributed by atoms with E-state index in [1.807, 2.05) is 0 Å². The summed E-state index contributed by atoms with van der Waals surface area (Å²) < 4.78 is 55.0. The number of hydrogen-bond acceptors (Lipinski definition) is 4. The molecule has 2 rings (SSSR count). The molecule has 1 N–H and O–H groups in total. The van der Waals surface area contributed by atoms with Gasteiger partial charge in [0.25, 0.3) is 11.6 Å². The average Bonchev–Trinajstić information content (AvgIpc) is 2.59. The molecule has 0 saturated heterocycles. The van der Waals surface area contributed by atoms with Crippen molar-refractivity contribution in [2.75, 3.05) is 11.9 Å². The number of nitro benzene ring substituents is 1. The van der Waals surface area contributed by atoms with Crippen molar-refractivity contribution in [2.45, 2.75) is 12.3 Å². The molecule has 12 heteroatoms. The summed E-state index contributed by atoms with van der Waals surface area (Å²) in [4.78, 5) is 22.4. The first-order valence-corrected chi connectivity index (χ1v) is 8.10. The van der Waals surface area contributed by atoms with Gasteiger partial charge in [-0.15, -0.1) is 0 Å². The summed E-state index contributed by atoms with van der Waals surface area (Å²) in [6.07, 6.45) is -3.97. The van der Waals surface area contributed by atoms with E-state index in [0.717, 1.165) is 18.2 Å². The molecular weight excluding hydrogens is 431 g/mol. The summed E-state index contributed by atoms with van der Waals surface area (Å²) in [7, 11) is 0. The second-order valence-corrected chi connectivity index (χ2v) is 6.25. The quantitative estimate of drug-likeness (QED) is 0.353. The molecular formula is C16H10Cl2F4N2O4. The molecule has 0 aromatic heterocycles. The lowest BCUT2D eigenvalue weighted by molar-refractivity contribution is -0.384. The monoisotopic (exact) mass is 440 g/mol. The van der Waals surface area contributed by atoms with Gasteiger partial charge in [0, 0.05) is 17.2 Å². The van der Waals surface area contributed by atoms with Gasteiger partial charge in [0.15, 0.2) is 6.61 Å². The summed E-state index contributed by atoms with van der Waals surface area (Å²) in [6, 6.07) is 6.64. The fourth-order valence-electron chi connectivity index (χ4n) is 1.96. The SMILES string of the molecule is O=C(Nc1cc(OCC(F)(F)C(F)F)cc([N+](=O)[O-])c1)c1ccc(Cl)cc1Cl. The third-order valence-electron chi connectivity index (χ3n) is 3.29. The van der Waals surface area contributed by atoms with Crippen LogP contribution < -0.4 is 10.1 Å². The Morgan fingerprint density at radius 1 is 1.21 bits per heavy atom. The molecule has 0 atom stereocenters. The number of hydrogen-bond donors (Lipinski definition) is 1. The van der Waals surface area contributed by atoms with Crippen molar-refractivity contribution in [1.82, 2.24) is 0 Å². The Labute approximate surface area is 165 Å². The lowest BCUT2D eigenvalue weighted by Crippen LogP contribution is -2.33. The maximum Gasteiger partial charge on any atom is 0.340 e. The topological polar surface area (TPSA) is 81.5 Å². The number of amides is 1. The molecule has 2 aromatic rings. The largest absolute Gasteiger partial charge is 0.487 e. The van der Waals surface area contributed by atoms with E-state index in [1.54, 1.807) is 0 Å².